The lowest BCUT2D eigenvalue weighted by Gasteiger charge is -2.15. The molecule has 26 heavy (non-hydrogen) atoms. The monoisotopic (exact) mass is 356 g/mol. The first kappa shape index (κ1) is 18.1. The number of halogens is 1. The smallest absolute Gasteiger partial charge is 0.261 e. The first-order valence-electron chi connectivity index (χ1n) is 8.62. The molecule has 3 rings (SSSR count). The number of ether oxygens (including phenoxy) is 1. The summed E-state index contributed by atoms with van der Waals surface area (Å²) in [6.07, 6.45) is 1.28. The number of carbonyl (C=O) groups is 2. The van der Waals surface area contributed by atoms with E-state index in [0.717, 1.165) is 0 Å². The molecule has 6 heteroatoms. The van der Waals surface area contributed by atoms with Crippen LogP contribution in [0.4, 0.5) is 4.39 Å². The van der Waals surface area contributed by atoms with Crippen LogP contribution >= 0.6 is 0 Å². The largest absolute Gasteiger partial charge is 0.493 e. The SMILES string of the molecule is CC(N)c1cc(F)ccc1OCCCCN1C(=O)c2ccccc2C1=O. The first-order valence-corrected chi connectivity index (χ1v) is 8.62. The third kappa shape index (κ3) is 3.60. The average molecular weight is 356 g/mol. The lowest BCUT2D eigenvalue weighted by atomic mass is 10.1. The van der Waals surface area contributed by atoms with Crippen molar-refractivity contribution in [3.05, 3.63) is 65.0 Å². The number of amides is 2. The minimum Gasteiger partial charge on any atom is -0.493 e. The van der Waals surface area contributed by atoms with Crippen LogP contribution in [0.15, 0.2) is 42.5 Å². The van der Waals surface area contributed by atoms with Gasteiger partial charge in [-0.3, -0.25) is 14.5 Å². The van der Waals surface area contributed by atoms with E-state index in [1.54, 1.807) is 37.3 Å². The molecule has 136 valence electrons. The van der Waals surface area contributed by atoms with E-state index in [2.05, 4.69) is 0 Å². The Bertz CT molecular complexity index is 801. The van der Waals surface area contributed by atoms with E-state index in [0.29, 0.717) is 48.4 Å². The van der Waals surface area contributed by atoms with Crippen molar-refractivity contribution in [3.63, 3.8) is 0 Å². The molecule has 1 aliphatic rings. The quantitative estimate of drug-likeness (QED) is 0.610. The standard InChI is InChI=1S/C20H21FN2O3/c1-13(22)17-12-14(21)8-9-18(17)26-11-5-4-10-23-19(24)15-6-2-3-7-16(15)20(23)25/h2-3,6-9,12-13H,4-5,10-11,22H2,1H3. The van der Waals surface area contributed by atoms with Crippen molar-refractivity contribution < 1.29 is 18.7 Å². The van der Waals surface area contributed by atoms with Gasteiger partial charge >= 0.3 is 0 Å². The highest BCUT2D eigenvalue weighted by Crippen LogP contribution is 2.25. The molecule has 0 fully saturated rings. The maximum atomic E-state index is 13.3. The number of carbonyl (C=O) groups excluding carboxylic acids is 2. The molecular weight excluding hydrogens is 335 g/mol. The summed E-state index contributed by atoms with van der Waals surface area (Å²) < 4.78 is 19.0. The molecule has 0 radical (unpaired) electrons. The Hall–Kier alpha value is -2.73. The summed E-state index contributed by atoms with van der Waals surface area (Å²) >= 11 is 0. The number of imide groups is 1. The van der Waals surface area contributed by atoms with Crippen molar-refractivity contribution >= 4 is 11.8 Å². The van der Waals surface area contributed by atoms with Crippen LogP contribution in [0.2, 0.25) is 0 Å². The van der Waals surface area contributed by atoms with Crippen molar-refractivity contribution in [2.24, 2.45) is 5.73 Å². The number of unbranched alkanes of at least 4 members (excludes halogenated alkanes) is 1. The maximum Gasteiger partial charge on any atom is 0.261 e. The van der Waals surface area contributed by atoms with Crippen LogP contribution in [0.3, 0.4) is 0 Å². The lowest BCUT2D eigenvalue weighted by molar-refractivity contribution is 0.0649. The molecule has 0 bridgehead atoms. The second-order valence-corrected chi connectivity index (χ2v) is 6.33. The van der Waals surface area contributed by atoms with E-state index in [-0.39, 0.29) is 23.7 Å². The topological polar surface area (TPSA) is 72.6 Å². The minimum atomic E-state index is -0.352. The highest BCUT2D eigenvalue weighted by molar-refractivity contribution is 6.21. The van der Waals surface area contributed by atoms with E-state index in [9.17, 15) is 14.0 Å². The highest BCUT2D eigenvalue weighted by Gasteiger charge is 2.34. The predicted octanol–water partition coefficient (Wildman–Crippen LogP) is 3.30. The molecule has 2 N–H and O–H groups in total. The molecule has 1 heterocycles. The van der Waals surface area contributed by atoms with Crippen LogP contribution in [0, 0.1) is 5.82 Å². The van der Waals surface area contributed by atoms with Crippen molar-refractivity contribution in [1.29, 1.82) is 0 Å². The van der Waals surface area contributed by atoms with Gasteiger partial charge in [0.2, 0.25) is 0 Å². The van der Waals surface area contributed by atoms with Gasteiger partial charge in [0.05, 0.1) is 17.7 Å². The summed E-state index contributed by atoms with van der Waals surface area (Å²) in [5.74, 6) is -0.286. The van der Waals surface area contributed by atoms with Gasteiger partial charge in [0.1, 0.15) is 11.6 Å². The van der Waals surface area contributed by atoms with Gasteiger partial charge in [0, 0.05) is 18.2 Å². The van der Waals surface area contributed by atoms with E-state index < -0.39 is 0 Å². The number of rotatable bonds is 7. The Morgan fingerprint density at radius 2 is 1.73 bits per heavy atom. The molecule has 1 unspecified atom stereocenters. The van der Waals surface area contributed by atoms with Crippen molar-refractivity contribution in [2.75, 3.05) is 13.2 Å². The van der Waals surface area contributed by atoms with Crippen molar-refractivity contribution in [2.45, 2.75) is 25.8 Å². The molecule has 2 aromatic carbocycles. The zero-order chi connectivity index (χ0) is 18.7. The number of nitrogens with two attached hydrogens (primary N) is 1. The third-order valence-electron chi connectivity index (χ3n) is 4.37. The van der Waals surface area contributed by atoms with Crippen LogP contribution in [-0.4, -0.2) is 29.9 Å². The van der Waals surface area contributed by atoms with Gasteiger partial charge in [-0.05, 0) is 50.1 Å². The predicted molar refractivity (Wildman–Crippen MR) is 95.5 cm³/mol. The van der Waals surface area contributed by atoms with E-state index in [4.69, 9.17) is 10.5 Å². The van der Waals surface area contributed by atoms with E-state index >= 15 is 0 Å². The van der Waals surface area contributed by atoms with Crippen molar-refractivity contribution in [3.8, 4) is 5.75 Å². The fourth-order valence-corrected chi connectivity index (χ4v) is 3.00. The van der Waals surface area contributed by atoms with Gasteiger partial charge in [-0.15, -0.1) is 0 Å². The zero-order valence-corrected chi connectivity index (χ0v) is 14.6. The van der Waals surface area contributed by atoms with Crippen LogP contribution in [0.5, 0.6) is 5.75 Å². The molecule has 1 aliphatic heterocycles. The Morgan fingerprint density at radius 3 is 2.35 bits per heavy atom. The molecule has 2 amide bonds. The molecular formula is C20H21FN2O3. The minimum absolute atomic E-state index is 0.246. The number of fused-ring (bicyclic) bond motifs is 1. The zero-order valence-electron chi connectivity index (χ0n) is 14.6. The normalized spacial score (nSPS) is 14.5. The van der Waals surface area contributed by atoms with Gasteiger partial charge < -0.3 is 10.5 Å². The maximum absolute atomic E-state index is 13.3. The van der Waals surface area contributed by atoms with Gasteiger partial charge in [-0.1, -0.05) is 12.1 Å². The molecule has 0 spiro atoms. The van der Waals surface area contributed by atoms with Crippen LogP contribution < -0.4 is 10.5 Å². The van der Waals surface area contributed by atoms with Crippen LogP contribution in [-0.2, 0) is 0 Å². The summed E-state index contributed by atoms with van der Waals surface area (Å²) in [6.45, 7) is 2.51. The van der Waals surface area contributed by atoms with E-state index in [1.807, 2.05) is 0 Å². The van der Waals surface area contributed by atoms with Crippen molar-refractivity contribution in [1.82, 2.24) is 4.90 Å². The third-order valence-corrected chi connectivity index (χ3v) is 4.37. The van der Waals surface area contributed by atoms with Crippen LogP contribution in [0.25, 0.3) is 0 Å². The second kappa shape index (κ2) is 7.66. The number of nitrogens with zero attached hydrogens (tertiary/aromatic N) is 1. The molecule has 0 aromatic heterocycles. The number of hydrogen-bond acceptors (Lipinski definition) is 4. The highest BCUT2D eigenvalue weighted by atomic mass is 19.1. The molecule has 1 atom stereocenters. The number of hydrogen-bond donors (Lipinski definition) is 1. The summed E-state index contributed by atoms with van der Waals surface area (Å²) in [5, 5.41) is 0. The van der Waals surface area contributed by atoms with Gasteiger partial charge in [-0.25, -0.2) is 4.39 Å². The Labute approximate surface area is 151 Å². The lowest BCUT2D eigenvalue weighted by Crippen LogP contribution is -2.30. The molecule has 0 saturated heterocycles. The summed E-state index contributed by atoms with van der Waals surface area (Å²) in [5.41, 5.74) is 7.38. The summed E-state index contributed by atoms with van der Waals surface area (Å²) in [4.78, 5) is 25.8. The van der Waals surface area contributed by atoms with Gasteiger partial charge in [-0.2, -0.15) is 0 Å². The van der Waals surface area contributed by atoms with Gasteiger partial charge in [0.15, 0.2) is 0 Å². The average Bonchev–Trinajstić information content (AvgIpc) is 2.87. The summed E-state index contributed by atoms with van der Waals surface area (Å²) in [7, 11) is 0. The first-order chi connectivity index (χ1) is 12.5. The van der Waals surface area contributed by atoms with Crippen LogP contribution in [0.1, 0.15) is 52.1 Å². The fourth-order valence-electron chi connectivity index (χ4n) is 3.00. The Kier molecular flexibility index (Phi) is 5.32. The Balaban J connectivity index is 1.50. The fraction of sp³-hybridized carbons (Fsp3) is 0.300. The summed E-state index contributed by atoms with van der Waals surface area (Å²) in [6, 6.07) is 10.8. The Morgan fingerprint density at radius 1 is 1.08 bits per heavy atom. The molecule has 2 aromatic rings. The molecule has 5 nitrogen and oxygen atoms in total. The van der Waals surface area contributed by atoms with Gasteiger partial charge in [0.25, 0.3) is 11.8 Å². The second-order valence-electron chi connectivity index (χ2n) is 6.33. The molecule has 0 aliphatic carbocycles. The number of benzene rings is 2. The van der Waals surface area contributed by atoms with E-state index in [1.165, 1.54) is 17.0 Å². The molecule has 0 saturated carbocycles.